The maximum atomic E-state index is 11.6. The highest BCUT2D eigenvalue weighted by Crippen LogP contribution is 2.21. The molecule has 1 fully saturated rings. The maximum Gasteiger partial charge on any atom is 0.244 e. The van der Waals surface area contributed by atoms with Crippen LogP contribution in [0.1, 0.15) is 24.8 Å². The van der Waals surface area contributed by atoms with Gasteiger partial charge in [-0.25, -0.2) is 0 Å². The number of nitrogens with zero attached hydrogens (tertiary/aromatic N) is 1. The Morgan fingerprint density at radius 3 is 2.71 bits per heavy atom. The molecule has 5 nitrogen and oxygen atoms in total. The van der Waals surface area contributed by atoms with Crippen molar-refractivity contribution >= 4 is 23.6 Å². The largest absolute Gasteiger partial charge is 0.396 e. The zero-order chi connectivity index (χ0) is 15.1. The number of hydrogen-bond acceptors (Lipinski definition) is 3. The smallest absolute Gasteiger partial charge is 0.244 e. The second-order valence-electron chi connectivity index (χ2n) is 4.94. The van der Waals surface area contributed by atoms with E-state index in [0.29, 0.717) is 19.4 Å². The van der Waals surface area contributed by atoms with Crippen molar-refractivity contribution in [2.24, 2.45) is 0 Å². The Bertz CT molecular complexity index is 523. The lowest BCUT2D eigenvalue weighted by atomic mass is 10.2. The van der Waals surface area contributed by atoms with Crippen molar-refractivity contribution in [3.8, 4) is 0 Å². The first kappa shape index (κ1) is 15.3. The van der Waals surface area contributed by atoms with Crippen LogP contribution in [-0.2, 0) is 9.59 Å². The molecule has 0 bridgehead atoms. The normalized spacial score (nSPS) is 14.9. The van der Waals surface area contributed by atoms with Crippen LogP contribution in [0.25, 0.3) is 6.08 Å². The zero-order valence-corrected chi connectivity index (χ0v) is 11.9. The van der Waals surface area contributed by atoms with Crippen molar-refractivity contribution in [3.05, 3.63) is 35.9 Å². The SMILES string of the molecule is O=C(/C=C/c1ccc(N2CCCC2=O)cc1)NCCCO. The van der Waals surface area contributed by atoms with Gasteiger partial charge in [-0.05, 0) is 36.6 Å². The first-order valence-corrected chi connectivity index (χ1v) is 7.18. The van der Waals surface area contributed by atoms with Crippen molar-refractivity contribution in [3.63, 3.8) is 0 Å². The molecular formula is C16H20N2O3. The molecule has 2 N–H and O–H groups in total. The van der Waals surface area contributed by atoms with Crippen LogP contribution >= 0.6 is 0 Å². The van der Waals surface area contributed by atoms with Crippen LogP contribution in [0.2, 0.25) is 0 Å². The van der Waals surface area contributed by atoms with Gasteiger partial charge >= 0.3 is 0 Å². The third-order valence-corrected chi connectivity index (χ3v) is 3.34. The Balaban J connectivity index is 1.90. The number of nitrogens with one attached hydrogen (secondary N) is 1. The molecule has 0 atom stereocenters. The number of amides is 2. The average Bonchev–Trinajstić information content (AvgIpc) is 2.92. The van der Waals surface area contributed by atoms with E-state index in [4.69, 9.17) is 5.11 Å². The van der Waals surface area contributed by atoms with E-state index in [1.165, 1.54) is 6.08 Å². The molecular weight excluding hydrogens is 268 g/mol. The standard InChI is InChI=1S/C16H20N2O3/c19-12-2-10-17-15(20)9-6-13-4-7-14(8-5-13)18-11-1-3-16(18)21/h4-9,19H,1-3,10-12H2,(H,17,20)/b9-6+. The first-order valence-electron chi connectivity index (χ1n) is 7.18. The average molecular weight is 288 g/mol. The van der Waals surface area contributed by atoms with Crippen molar-refractivity contribution in [2.75, 3.05) is 24.6 Å². The van der Waals surface area contributed by atoms with E-state index in [1.807, 2.05) is 24.3 Å². The quantitative estimate of drug-likeness (QED) is 0.613. The van der Waals surface area contributed by atoms with Crippen molar-refractivity contribution in [1.29, 1.82) is 0 Å². The number of aliphatic hydroxyl groups is 1. The van der Waals surface area contributed by atoms with Crippen molar-refractivity contribution < 1.29 is 14.7 Å². The summed E-state index contributed by atoms with van der Waals surface area (Å²) in [4.78, 5) is 24.9. The van der Waals surface area contributed by atoms with Crippen molar-refractivity contribution in [2.45, 2.75) is 19.3 Å². The summed E-state index contributed by atoms with van der Waals surface area (Å²) in [6.45, 7) is 1.32. The summed E-state index contributed by atoms with van der Waals surface area (Å²) < 4.78 is 0. The molecule has 2 amide bonds. The molecule has 1 saturated heterocycles. The molecule has 0 saturated carbocycles. The monoisotopic (exact) mass is 288 g/mol. The van der Waals surface area contributed by atoms with E-state index in [1.54, 1.807) is 11.0 Å². The third kappa shape index (κ3) is 4.43. The minimum atomic E-state index is -0.178. The molecule has 0 spiro atoms. The number of rotatable bonds is 6. The predicted molar refractivity (Wildman–Crippen MR) is 81.8 cm³/mol. The molecule has 0 aliphatic carbocycles. The van der Waals surface area contributed by atoms with Gasteiger partial charge in [0.15, 0.2) is 0 Å². The summed E-state index contributed by atoms with van der Waals surface area (Å²) in [5, 5.41) is 11.3. The molecule has 112 valence electrons. The Kier molecular flexibility index (Phi) is 5.51. The minimum Gasteiger partial charge on any atom is -0.396 e. The van der Waals surface area contributed by atoms with Gasteiger partial charge in [0.25, 0.3) is 0 Å². The molecule has 2 rings (SSSR count). The summed E-state index contributed by atoms with van der Waals surface area (Å²) >= 11 is 0. The molecule has 1 heterocycles. The highest BCUT2D eigenvalue weighted by Gasteiger charge is 2.21. The lowest BCUT2D eigenvalue weighted by Gasteiger charge is -2.15. The van der Waals surface area contributed by atoms with Crippen LogP contribution < -0.4 is 10.2 Å². The van der Waals surface area contributed by atoms with Gasteiger partial charge < -0.3 is 15.3 Å². The fourth-order valence-corrected chi connectivity index (χ4v) is 2.21. The molecule has 0 radical (unpaired) electrons. The summed E-state index contributed by atoms with van der Waals surface area (Å²) in [5.74, 6) is -0.0104. The van der Waals surface area contributed by atoms with E-state index in [9.17, 15) is 9.59 Å². The van der Waals surface area contributed by atoms with Gasteiger partial charge in [-0.2, -0.15) is 0 Å². The molecule has 0 aromatic heterocycles. The second-order valence-corrected chi connectivity index (χ2v) is 4.94. The van der Waals surface area contributed by atoms with Gasteiger partial charge in [-0.15, -0.1) is 0 Å². The number of aliphatic hydroxyl groups excluding tert-OH is 1. The highest BCUT2D eigenvalue weighted by molar-refractivity contribution is 5.95. The lowest BCUT2D eigenvalue weighted by Crippen LogP contribution is -2.23. The van der Waals surface area contributed by atoms with Crippen LogP contribution in [0.5, 0.6) is 0 Å². The summed E-state index contributed by atoms with van der Waals surface area (Å²) in [7, 11) is 0. The summed E-state index contributed by atoms with van der Waals surface area (Å²) in [6, 6.07) is 7.57. The topological polar surface area (TPSA) is 69.6 Å². The van der Waals surface area contributed by atoms with Gasteiger partial charge in [0.1, 0.15) is 0 Å². The molecule has 1 aliphatic heterocycles. The van der Waals surface area contributed by atoms with Crippen LogP contribution in [0.3, 0.4) is 0 Å². The molecule has 1 aliphatic rings. The zero-order valence-electron chi connectivity index (χ0n) is 11.9. The molecule has 1 aromatic rings. The number of carbonyl (C=O) groups is 2. The maximum absolute atomic E-state index is 11.6. The number of anilines is 1. The fourth-order valence-electron chi connectivity index (χ4n) is 2.21. The third-order valence-electron chi connectivity index (χ3n) is 3.34. The number of hydrogen-bond donors (Lipinski definition) is 2. The number of carbonyl (C=O) groups excluding carboxylic acids is 2. The van der Waals surface area contributed by atoms with E-state index in [0.717, 1.165) is 24.2 Å². The Hall–Kier alpha value is -2.14. The van der Waals surface area contributed by atoms with Crippen LogP contribution in [0.15, 0.2) is 30.3 Å². The lowest BCUT2D eigenvalue weighted by molar-refractivity contribution is -0.117. The summed E-state index contributed by atoms with van der Waals surface area (Å²) in [6.07, 6.45) is 5.28. The summed E-state index contributed by atoms with van der Waals surface area (Å²) in [5.41, 5.74) is 1.81. The Morgan fingerprint density at radius 2 is 2.10 bits per heavy atom. The van der Waals surface area contributed by atoms with Gasteiger partial charge in [-0.3, -0.25) is 9.59 Å². The fraction of sp³-hybridized carbons (Fsp3) is 0.375. The van der Waals surface area contributed by atoms with E-state index < -0.39 is 0 Å². The Labute approximate surface area is 124 Å². The molecule has 0 unspecified atom stereocenters. The first-order chi connectivity index (χ1) is 10.2. The molecule has 1 aromatic carbocycles. The molecule has 21 heavy (non-hydrogen) atoms. The van der Waals surface area contributed by atoms with E-state index in [2.05, 4.69) is 5.32 Å². The van der Waals surface area contributed by atoms with Gasteiger partial charge in [0.05, 0.1) is 0 Å². The molecule has 5 heteroatoms. The van der Waals surface area contributed by atoms with E-state index in [-0.39, 0.29) is 18.4 Å². The second kappa shape index (κ2) is 7.59. The number of benzene rings is 1. The predicted octanol–water partition coefficient (Wildman–Crippen LogP) is 1.33. The van der Waals surface area contributed by atoms with Crippen LogP contribution in [-0.4, -0.2) is 36.6 Å². The van der Waals surface area contributed by atoms with Gasteiger partial charge in [-0.1, -0.05) is 12.1 Å². The van der Waals surface area contributed by atoms with Gasteiger partial charge in [0.2, 0.25) is 11.8 Å². The van der Waals surface area contributed by atoms with Crippen molar-refractivity contribution in [1.82, 2.24) is 5.32 Å². The highest BCUT2D eigenvalue weighted by atomic mass is 16.3. The van der Waals surface area contributed by atoms with Gasteiger partial charge in [0, 0.05) is 37.9 Å². The minimum absolute atomic E-state index is 0.0701. The van der Waals surface area contributed by atoms with Crippen LogP contribution in [0.4, 0.5) is 5.69 Å². The Morgan fingerprint density at radius 1 is 1.33 bits per heavy atom. The van der Waals surface area contributed by atoms with Crippen LogP contribution in [0, 0.1) is 0 Å². The van der Waals surface area contributed by atoms with E-state index >= 15 is 0 Å².